The van der Waals surface area contributed by atoms with Gasteiger partial charge in [-0.3, -0.25) is 4.79 Å². The van der Waals surface area contributed by atoms with Crippen molar-refractivity contribution in [2.75, 3.05) is 37.5 Å². The molecule has 2 fully saturated rings. The molecule has 184 valence electrons. The number of nitrogens with one attached hydrogen (secondary N) is 1. The second kappa shape index (κ2) is 10.6. The molecule has 1 atom stereocenters. The highest BCUT2D eigenvalue weighted by Crippen LogP contribution is 2.31. The molecule has 1 aliphatic carbocycles. The van der Waals surface area contributed by atoms with Gasteiger partial charge in [0.15, 0.2) is 0 Å². The quantitative estimate of drug-likeness (QED) is 0.542. The van der Waals surface area contributed by atoms with Crippen LogP contribution in [-0.4, -0.2) is 52.0 Å². The maximum absolute atomic E-state index is 13.7. The lowest BCUT2D eigenvalue weighted by Gasteiger charge is -2.28. The number of rotatable bonds is 9. The van der Waals surface area contributed by atoms with Crippen molar-refractivity contribution >= 4 is 38.9 Å². The summed E-state index contributed by atoms with van der Waals surface area (Å²) in [6.07, 6.45) is 4.50. The first-order valence-electron chi connectivity index (χ1n) is 11.7. The molecule has 0 aromatic heterocycles. The van der Waals surface area contributed by atoms with E-state index in [0.29, 0.717) is 17.3 Å². The molecule has 1 amide bonds. The topological polar surface area (TPSA) is 79.0 Å². The number of anilines is 2. The molecule has 4 rings (SSSR count). The lowest BCUT2D eigenvalue weighted by Crippen LogP contribution is -2.37. The fourth-order valence-electron chi connectivity index (χ4n) is 4.37. The van der Waals surface area contributed by atoms with E-state index < -0.39 is 10.0 Å². The average Bonchev–Trinajstić information content (AvgIpc) is 3.25. The van der Waals surface area contributed by atoms with Crippen LogP contribution in [0.3, 0.4) is 0 Å². The average molecular weight is 506 g/mol. The summed E-state index contributed by atoms with van der Waals surface area (Å²) in [4.78, 5) is 14.6. The summed E-state index contributed by atoms with van der Waals surface area (Å²) in [5.74, 6) is 0.0914. The van der Waals surface area contributed by atoms with Crippen LogP contribution < -0.4 is 10.2 Å². The Bertz CT molecular complexity index is 1130. The van der Waals surface area contributed by atoms with E-state index >= 15 is 0 Å². The van der Waals surface area contributed by atoms with Gasteiger partial charge in [0.2, 0.25) is 15.9 Å². The van der Waals surface area contributed by atoms with E-state index in [0.717, 1.165) is 43.4 Å². The first kappa shape index (κ1) is 25.0. The minimum Gasteiger partial charge on any atom is -0.377 e. The van der Waals surface area contributed by atoms with Crippen molar-refractivity contribution in [1.82, 2.24) is 4.31 Å². The fourth-order valence-corrected chi connectivity index (χ4v) is 6.12. The summed E-state index contributed by atoms with van der Waals surface area (Å²) in [5, 5.41) is 3.38. The van der Waals surface area contributed by atoms with E-state index in [4.69, 9.17) is 16.3 Å². The molecule has 9 heteroatoms. The number of benzene rings is 2. The lowest BCUT2D eigenvalue weighted by atomic mass is 9.85. The number of ether oxygens (including phenoxy) is 1. The smallest absolute Gasteiger partial charge is 0.243 e. The highest BCUT2D eigenvalue weighted by molar-refractivity contribution is 7.89. The number of carbonyl (C=O) groups excluding carboxylic acids is 1. The van der Waals surface area contributed by atoms with Crippen LogP contribution in [0.4, 0.5) is 11.4 Å². The summed E-state index contributed by atoms with van der Waals surface area (Å²) in [6, 6.07) is 12.0. The minimum absolute atomic E-state index is 0.0255. The molecule has 7 nitrogen and oxygen atoms in total. The largest absolute Gasteiger partial charge is 0.377 e. The van der Waals surface area contributed by atoms with Gasteiger partial charge in [-0.1, -0.05) is 24.1 Å². The van der Waals surface area contributed by atoms with Crippen molar-refractivity contribution in [2.45, 2.75) is 49.6 Å². The molecule has 0 spiro atoms. The molecule has 1 saturated carbocycles. The van der Waals surface area contributed by atoms with Gasteiger partial charge in [-0.15, -0.1) is 0 Å². The maximum atomic E-state index is 13.7. The third-order valence-electron chi connectivity index (χ3n) is 6.52. The Balaban J connectivity index is 1.66. The predicted molar refractivity (Wildman–Crippen MR) is 135 cm³/mol. The van der Waals surface area contributed by atoms with E-state index in [1.807, 2.05) is 37.2 Å². The van der Waals surface area contributed by atoms with Gasteiger partial charge in [-0.05, 0) is 67.6 Å². The van der Waals surface area contributed by atoms with Crippen LogP contribution in [0.2, 0.25) is 5.02 Å². The fraction of sp³-hybridized carbons (Fsp3) is 0.480. The van der Waals surface area contributed by atoms with E-state index in [-0.39, 0.29) is 35.9 Å². The van der Waals surface area contributed by atoms with E-state index in [2.05, 4.69) is 5.32 Å². The van der Waals surface area contributed by atoms with Crippen LogP contribution in [-0.2, 0) is 26.1 Å². The first-order chi connectivity index (χ1) is 16.2. The molecule has 1 unspecified atom stereocenters. The van der Waals surface area contributed by atoms with Gasteiger partial charge in [-0.25, -0.2) is 8.42 Å². The van der Waals surface area contributed by atoms with Crippen molar-refractivity contribution in [3.63, 3.8) is 0 Å². The number of hydrogen-bond donors (Lipinski definition) is 1. The van der Waals surface area contributed by atoms with Gasteiger partial charge < -0.3 is 15.0 Å². The number of sulfonamides is 1. The van der Waals surface area contributed by atoms with Gasteiger partial charge in [0, 0.05) is 56.1 Å². The molecule has 0 radical (unpaired) electrons. The Morgan fingerprint density at radius 3 is 2.53 bits per heavy atom. The third kappa shape index (κ3) is 5.74. The molecule has 0 bridgehead atoms. The molecule has 34 heavy (non-hydrogen) atoms. The zero-order valence-electron chi connectivity index (χ0n) is 19.7. The van der Waals surface area contributed by atoms with E-state index in [1.54, 1.807) is 18.2 Å². The zero-order valence-corrected chi connectivity index (χ0v) is 21.2. The van der Waals surface area contributed by atoms with Crippen molar-refractivity contribution in [1.29, 1.82) is 0 Å². The molecule has 2 aromatic carbocycles. The standard InChI is InChI=1S/C25H32ClN3O4S/c1-28(2)24-12-11-21(27-25(30)18-6-3-7-18)14-19(24)16-29(17-22-9-5-13-33-22)34(31,32)23-10-4-8-20(26)15-23/h4,8,10-12,14-15,18,22H,3,5-7,9,13,16-17H2,1-2H3,(H,27,30). The highest BCUT2D eigenvalue weighted by Gasteiger charge is 2.31. The molecule has 1 N–H and O–H groups in total. The Kier molecular flexibility index (Phi) is 7.82. The van der Waals surface area contributed by atoms with E-state index in [1.165, 1.54) is 10.4 Å². The number of halogens is 1. The van der Waals surface area contributed by atoms with Crippen LogP contribution >= 0.6 is 11.6 Å². The Hall–Kier alpha value is -2.13. The normalized spacial score (nSPS) is 18.6. The Morgan fingerprint density at radius 2 is 1.91 bits per heavy atom. The van der Waals surface area contributed by atoms with Crippen LogP contribution in [0.5, 0.6) is 0 Å². The molecule has 2 aromatic rings. The van der Waals surface area contributed by atoms with Crippen LogP contribution in [0, 0.1) is 5.92 Å². The Labute approximate surface area is 207 Å². The van der Waals surface area contributed by atoms with Crippen molar-refractivity contribution in [3.8, 4) is 0 Å². The van der Waals surface area contributed by atoms with Gasteiger partial charge in [0.05, 0.1) is 11.0 Å². The molecule has 1 saturated heterocycles. The van der Waals surface area contributed by atoms with Crippen LogP contribution in [0.1, 0.15) is 37.7 Å². The lowest BCUT2D eigenvalue weighted by molar-refractivity contribution is -0.122. The van der Waals surface area contributed by atoms with Crippen molar-refractivity contribution in [3.05, 3.63) is 53.1 Å². The number of hydrogen-bond acceptors (Lipinski definition) is 5. The molecule has 1 heterocycles. The second-order valence-corrected chi connectivity index (χ2v) is 11.6. The second-order valence-electron chi connectivity index (χ2n) is 9.24. The predicted octanol–water partition coefficient (Wildman–Crippen LogP) is 4.51. The van der Waals surface area contributed by atoms with Gasteiger partial charge >= 0.3 is 0 Å². The number of nitrogens with zero attached hydrogens (tertiary/aromatic N) is 2. The summed E-state index contributed by atoms with van der Waals surface area (Å²) < 4.78 is 34.6. The van der Waals surface area contributed by atoms with Crippen molar-refractivity contribution in [2.24, 2.45) is 5.92 Å². The maximum Gasteiger partial charge on any atom is 0.243 e. The number of amides is 1. The molecular weight excluding hydrogens is 474 g/mol. The molecule has 2 aliphatic rings. The Morgan fingerprint density at radius 1 is 1.12 bits per heavy atom. The van der Waals surface area contributed by atoms with Crippen LogP contribution in [0.25, 0.3) is 0 Å². The first-order valence-corrected chi connectivity index (χ1v) is 13.5. The SMILES string of the molecule is CN(C)c1ccc(NC(=O)C2CCC2)cc1CN(CC1CCCO1)S(=O)(=O)c1cccc(Cl)c1. The van der Waals surface area contributed by atoms with Gasteiger partial charge in [0.25, 0.3) is 0 Å². The summed E-state index contributed by atoms with van der Waals surface area (Å²) >= 11 is 6.11. The summed E-state index contributed by atoms with van der Waals surface area (Å²) in [6.45, 7) is 1.04. The molecular formula is C25H32ClN3O4S. The third-order valence-corrected chi connectivity index (χ3v) is 8.56. The summed E-state index contributed by atoms with van der Waals surface area (Å²) in [5.41, 5.74) is 2.37. The molecule has 1 aliphatic heterocycles. The zero-order chi connectivity index (χ0) is 24.3. The van der Waals surface area contributed by atoms with Crippen LogP contribution in [0.15, 0.2) is 47.4 Å². The van der Waals surface area contributed by atoms with Gasteiger partial charge in [0.1, 0.15) is 0 Å². The van der Waals surface area contributed by atoms with E-state index in [9.17, 15) is 13.2 Å². The van der Waals surface area contributed by atoms with Crippen molar-refractivity contribution < 1.29 is 17.9 Å². The minimum atomic E-state index is -3.83. The summed E-state index contributed by atoms with van der Waals surface area (Å²) in [7, 11) is 0.00316. The highest BCUT2D eigenvalue weighted by atomic mass is 35.5. The number of carbonyl (C=O) groups is 1. The monoisotopic (exact) mass is 505 g/mol. The van der Waals surface area contributed by atoms with Gasteiger partial charge in [-0.2, -0.15) is 4.31 Å².